The molecule has 0 amide bonds. The van der Waals surface area contributed by atoms with E-state index in [2.05, 4.69) is 0 Å². The lowest BCUT2D eigenvalue weighted by atomic mass is 10.2. The quantitative estimate of drug-likeness (QED) is 0.749. The second-order valence-electron chi connectivity index (χ2n) is 4.68. The fraction of sp³-hybridized carbons (Fsp3) is 1.00. The molecule has 0 radical (unpaired) electrons. The summed E-state index contributed by atoms with van der Waals surface area (Å²) in [5.74, 6) is 0.122. The number of aliphatic hydroxyl groups excluding tert-OH is 1. The minimum atomic E-state index is -3.06. The van der Waals surface area contributed by atoms with Crippen LogP contribution < -0.4 is 0 Å². The SMILES string of the molecule is COCC(O)CCCS(=O)(=O)C(C)(C)C. The molecule has 0 aliphatic rings. The van der Waals surface area contributed by atoms with Gasteiger partial charge in [0, 0.05) is 7.11 Å². The molecular weight excluding hydrogens is 216 g/mol. The molecule has 15 heavy (non-hydrogen) atoms. The van der Waals surface area contributed by atoms with Crippen molar-refractivity contribution in [2.24, 2.45) is 0 Å². The van der Waals surface area contributed by atoms with E-state index in [4.69, 9.17) is 4.74 Å². The van der Waals surface area contributed by atoms with E-state index in [1.807, 2.05) is 0 Å². The third-order valence-electron chi connectivity index (χ3n) is 2.24. The summed E-state index contributed by atoms with van der Waals surface area (Å²) in [4.78, 5) is 0. The lowest BCUT2D eigenvalue weighted by Crippen LogP contribution is -2.30. The van der Waals surface area contributed by atoms with Gasteiger partial charge < -0.3 is 9.84 Å². The number of sulfone groups is 1. The van der Waals surface area contributed by atoms with Gasteiger partial charge in [-0.25, -0.2) is 8.42 Å². The second-order valence-corrected chi connectivity index (χ2v) is 7.55. The van der Waals surface area contributed by atoms with Gasteiger partial charge in [-0.1, -0.05) is 0 Å². The zero-order valence-electron chi connectivity index (χ0n) is 9.99. The molecule has 1 N–H and O–H groups in total. The molecule has 0 aliphatic carbocycles. The van der Waals surface area contributed by atoms with Gasteiger partial charge in [0.1, 0.15) is 0 Å². The number of methoxy groups -OCH3 is 1. The fourth-order valence-electron chi connectivity index (χ4n) is 1.09. The minimum Gasteiger partial charge on any atom is -0.391 e. The van der Waals surface area contributed by atoms with Crippen LogP contribution in [0.2, 0.25) is 0 Å². The molecule has 0 rings (SSSR count). The highest BCUT2D eigenvalue weighted by molar-refractivity contribution is 7.92. The van der Waals surface area contributed by atoms with Gasteiger partial charge in [0.15, 0.2) is 9.84 Å². The minimum absolute atomic E-state index is 0.122. The number of rotatable bonds is 6. The molecule has 92 valence electrons. The lowest BCUT2D eigenvalue weighted by Gasteiger charge is -2.19. The highest BCUT2D eigenvalue weighted by Gasteiger charge is 2.28. The molecule has 0 fully saturated rings. The van der Waals surface area contributed by atoms with Crippen LogP contribution in [0.3, 0.4) is 0 Å². The van der Waals surface area contributed by atoms with E-state index in [-0.39, 0.29) is 12.4 Å². The van der Waals surface area contributed by atoms with Crippen molar-refractivity contribution in [1.82, 2.24) is 0 Å². The first kappa shape index (κ1) is 14.9. The summed E-state index contributed by atoms with van der Waals surface area (Å²) in [5.41, 5.74) is 0. The van der Waals surface area contributed by atoms with E-state index in [1.165, 1.54) is 7.11 Å². The molecule has 0 aromatic carbocycles. The molecule has 0 saturated carbocycles. The second kappa shape index (κ2) is 5.82. The highest BCUT2D eigenvalue weighted by atomic mass is 32.2. The molecule has 4 nitrogen and oxygen atoms in total. The third kappa shape index (κ3) is 5.49. The van der Waals surface area contributed by atoms with Gasteiger partial charge in [-0.3, -0.25) is 0 Å². The predicted molar refractivity (Wildman–Crippen MR) is 60.7 cm³/mol. The number of hydrogen-bond donors (Lipinski definition) is 1. The van der Waals surface area contributed by atoms with Crippen molar-refractivity contribution in [2.75, 3.05) is 19.5 Å². The van der Waals surface area contributed by atoms with Crippen LogP contribution in [0.1, 0.15) is 33.6 Å². The van der Waals surface area contributed by atoms with Crippen molar-refractivity contribution < 1.29 is 18.3 Å². The van der Waals surface area contributed by atoms with Gasteiger partial charge in [-0.15, -0.1) is 0 Å². The van der Waals surface area contributed by atoms with E-state index in [0.29, 0.717) is 12.8 Å². The fourth-order valence-corrected chi connectivity index (χ4v) is 2.25. The maximum atomic E-state index is 11.7. The zero-order valence-corrected chi connectivity index (χ0v) is 10.8. The standard InChI is InChI=1S/C10H22O4S/c1-10(2,3)15(12,13)7-5-6-9(11)8-14-4/h9,11H,5-8H2,1-4H3. The van der Waals surface area contributed by atoms with Gasteiger partial charge in [0.2, 0.25) is 0 Å². The summed E-state index contributed by atoms with van der Waals surface area (Å²) in [6.45, 7) is 5.32. The lowest BCUT2D eigenvalue weighted by molar-refractivity contribution is 0.0590. The molecule has 1 unspecified atom stereocenters. The van der Waals surface area contributed by atoms with E-state index in [9.17, 15) is 13.5 Å². The molecule has 5 heteroatoms. The first-order valence-corrected chi connectivity index (χ1v) is 6.75. The van der Waals surface area contributed by atoms with E-state index in [1.54, 1.807) is 20.8 Å². The van der Waals surface area contributed by atoms with Gasteiger partial charge in [-0.2, -0.15) is 0 Å². The molecule has 0 bridgehead atoms. The maximum absolute atomic E-state index is 11.7. The predicted octanol–water partition coefficient (Wildman–Crippen LogP) is 0.987. The van der Waals surface area contributed by atoms with Crippen LogP contribution in [-0.2, 0) is 14.6 Å². The van der Waals surface area contributed by atoms with Crippen molar-refractivity contribution in [1.29, 1.82) is 0 Å². The molecule has 0 saturated heterocycles. The summed E-state index contributed by atoms with van der Waals surface area (Å²) in [6.07, 6.45) is 0.373. The van der Waals surface area contributed by atoms with E-state index >= 15 is 0 Å². The van der Waals surface area contributed by atoms with Gasteiger partial charge in [-0.05, 0) is 33.6 Å². The molecule has 0 heterocycles. The Hall–Kier alpha value is -0.130. The molecular formula is C10H22O4S. The highest BCUT2D eigenvalue weighted by Crippen LogP contribution is 2.17. The molecule has 1 atom stereocenters. The van der Waals surface area contributed by atoms with Crippen LogP contribution >= 0.6 is 0 Å². The van der Waals surface area contributed by atoms with Crippen LogP contribution in [0, 0.1) is 0 Å². The van der Waals surface area contributed by atoms with E-state index < -0.39 is 20.7 Å². The number of hydrogen-bond acceptors (Lipinski definition) is 4. The Labute approximate surface area is 92.6 Å². The van der Waals surface area contributed by atoms with Crippen molar-refractivity contribution in [2.45, 2.75) is 44.5 Å². The van der Waals surface area contributed by atoms with Crippen LogP contribution in [0.15, 0.2) is 0 Å². The van der Waals surface area contributed by atoms with E-state index in [0.717, 1.165) is 0 Å². The monoisotopic (exact) mass is 238 g/mol. The Morgan fingerprint density at radius 1 is 1.33 bits per heavy atom. The Balaban J connectivity index is 3.97. The van der Waals surface area contributed by atoms with Crippen molar-refractivity contribution in [3.63, 3.8) is 0 Å². The summed E-state index contributed by atoms with van der Waals surface area (Å²) in [6, 6.07) is 0. The van der Waals surface area contributed by atoms with Crippen LogP contribution in [-0.4, -0.2) is 43.8 Å². The molecule has 0 spiro atoms. The Kier molecular flexibility index (Phi) is 5.77. The third-order valence-corrected chi connectivity index (χ3v) is 4.93. The molecule has 0 aliphatic heterocycles. The van der Waals surface area contributed by atoms with Crippen LogP contribution in [0.4, 0.5) is 0 Å². The van der Waals surface area contributed by atoms with Crippen molar-refractivity contribution in [3.8, 4) is 0 Å². The Morgan fingerprint density at radius 3 is 2.27 bits per heavy atom. The van der Waals surface area contributed by atoms with Crippen molar-refractivity contribution >= 4 is 9.84 Å². The summed E-state index contributed by atoms with van der Waals surface area (Å²) < 4.78 is 27.4. The van der Waals surface area contributed by atoms with Crippen LogP contribution in [0.5, 0.6) is 0 Å². The van der Waals surface area contributed by atoms with Gasteiger partial charge >= 0.3 is 0 Å². The maximum Gasteiger partial charge on any atom is 0.155 e. The Bertz CT molecular complexity index is 264. The average Bonchev–Trinajstić information content (AvgIpc) is 2.01. The van der Waals surface area contributed by atoms with Gasteiger partial charge in [0.25, 0.3) is 0 Å². The van der Waals surface area contributed by atoms with Crippen molar-refractivity contribution in [3.05, 3.63) is 0 Å². The van der Waals surface area contributed by atoms with Crippen LogP contribution in [0.25, 0.3) is 0 Å². The summed E-state index contributed by atoms with van der Waals surface area (Å²) in [7, 11) is -1.55. The topological polar surface area (TPSA) is 63.6 Å². The average molecular weight is 238 g/mol. The largest absolute Gasteiger partial charge is 0.391 e. The summed E-state index contributed by atoms with van der Waals surface area (Å²) >= 11 is 0. The smallest absolute Gasteiger partial charge is 0.155 e. The zero-order chi connectivity index (χ0) is 12.1. The molecule has 0 aromatic rings. The Morgan fingerprint density at radius 2 is 1.87 bits per heavy atom. The number of aliphatic hydroxyl groups is 1. The number of ether oxygens (including phenoxy) is 1. The normalized spacial score (nSPS) is 15.3. The first-order chi connectivity index (χ1) is 6.70. The first-order valence-electron chi connectivity index (χ1n) is 5.10. The summed E-state index contributed by atoms with van der Waals surface area (Å²) in [5, 5.41) is 9.33. The molecule has 0 aromatic heterocycles. The van der Waals surface area contributed by atoms with Gasteiger partial charge in [0.05, 0.1) is 23.2 Å².